The van der Waals surface area contributed by atoms with Crippen LogP contribution in [0.3, 0.4) is 0 Å². The monoisotopic (exact) mass is 434 g/mol. The van der Waals surface area contributed by atoms with Crippen LogP contribution in [0.2, 0.25) is 0 Å². The number of alkyl halides is 3. The smallest absolute Gasteiger partial charge is 0.293 e. The molecule has 0 bridgehead atoms. The molecule has 0 saturated heterocycles. The quantitative estimate of drug-likeness (QED) is 0.218. The average molecular weight is 434 g/mol. The van der Waals surface area contributed by atoms with Crippen molar-refractivity contribution in [1.29, 1.82) is 0 Å². The minimum absolute atomic E-state index is 0. The molecule has 6 radical (unpaired) electrons. The largest absolute Gasteiger partial charge is 0.395 e. The average Bonchev–Trinajstić information content (AvgIpc) is 3.13. The number of halogens is 4. The molecule has 10 heteroatoms. The van der Waals surface area contributed by atoms with Crippen LogP contribution in [0.4, 0.5) is 13.2 Å². The van der Waals surface area contributed by atoms with Gasteiger partial charge in [-0.1, -0.05) is 11.6 Å². The summed E-state index contributed by atoms with van der Waals surface area (Å²) < 4.78 is 38.4. The van der Waals surface area contributed by atoms with Gasteiger partial charge in [0.25, 0.3) is 0 Å². The topological polar surface area (TPSA) is 49.7 Å². The van der Waals surface area contributed by atoms with E-state index in [-0.39, 0.29) is 57.7 Å². The van der Waals surface area contributed by atoms with Gasteiger partial charge in [0.15, 0.2) is 5.78 Å². The molecular weight excluding hydrogens is 422 g/mol. The summed E-state index contributed by atoms with van der Waals surface area (Å²) in [5.74, 6) is -0.648. The van der Waals surface area contributed by atoms with Crippen LogP contribution in [0.1, 0.15) is 19.8 Å². The first-order valence-corrected chi connectivity index (χ1v) is 6.19. The minimum atomic E-state index is -4.37. The second-order valence-electron chi connectivity index (χ2n) is 5.22. The summed E-state index contributed by atoms with van der Waals surface area (Å²) >= 11 is 5.76. The van der Waals surface area contributed by atoms with Crippen molar-refractivity contribution in [3.8, 4) is 0 Å². The van der Waals surface area contributed by atoms with Crippen LogP contribution >= 0.6 is 11.6 Å². The Morgan fingerprint density at radius 1 is 1.36 bits per heavy atom. The number of nitrogens with zero attached hydrogens (tertiary/aromatic N) is 2. The molecule has 0 heterocycles. The molecule has 0 atom stereocenters. The van der Waals surface area contributed by atoms with Crippen molar-refractivity contribution in [2.45, 2.75) is 25.9 Å². The number of hydrogen-bond acceptors (Lipinski definition) is 3. The maximum absolute atomic E-state index is 12.8. The van der Waals surface area contributed by atoms with E-state index in [1.54, 1.807) is 0 Å². The maximum atomic E-state index is 12.8. The molecule has 2 rings (SSSR count). The van der Waals surface area contributed by atoms with Gasteiger partial charge in [0, 0.05) is 51.8 Å². The number of allylic oxidation sites excluding steroid dienone is 2. The van der Waals surface area contributed by atoms with E-state index >= 15 is 0 Å². The van der Waals surface area contributed by atoms with Gasteiger partial charge in [-0.3, -0.25) is 9.59 Å². The van der Waals surface area contributed by atoms with Gasteiger partial charge >= 0.3 is 6.18 Å². The Bertz CT molecular complexity index is 541. The predicted octanol–water partition coefficient (Wildman–Crippen LogP) is 1.72. The van der Waals surface area contributed by atoms with Crippen molar-refractivity contribution in [2.24, 2.45) is 15.9 Å². The first-order valence-electron chi connectivity index (χ1n) is 5.81. The van der Waals surface area contributed by atoms with Crippen LogP contribution in [0.25, 0.3) is 0 Å². The summed E-state index contributed by atoms with van der Waals surface area (Å²) in [6.07, 6.45) is -3.31. The Morgan fingerprint density at radius 2 is 1.86 bits per heavy atom. The molecule has 0 N–H and O–H groups in total. The summed E-state index contributed by atoms with van der Waals surface area (Å²) in [6, 6.07) is 0. The summed E-state index contributed by atoms with van der Waals surface area (Å²) in [5, 5.41) is 4.57. The number of ketones is 1. The number of carbonyl (C=O) groups excluding carboxylic acids is 2. The van der Waals surface area contributed by atoms with Gasteiger partial charge in [0.05, 0.1) is 17.2 Å². The number of amides is 1. The Balaban J connectivity index is 0.00000220. The molecule has 4 nitrogen and oxygen atoms in total. The Labute approximate surface area is 151 Å². The van der Waals surface area contributed by atoms with Gasteiger partial charge < -0.3 is 0 Å². The number of fused-ring (bicyclic) bond motifs is 1. The van der Waals surface area contributed by atoms with E-state index in [2.05, 4.69) is 5.10 Å². The van der Waals surface area contributed by atoms with Crippen LogP contribution in [0.15, 0.2) is 15.7 Å². The van der Waals surface area contributed by atoms with E-state index in [9.17, 15) is 22.8 Å². The third-order valence-electron chi connectivity index (χ3n) is 3.99. The maximum Gasteiger partial charge on any atom is 0.395 e. The first-order chi connectivity index (χ1) is 9.11. The molecular formula is C12H12BClF3InN2O2. The third kappa shape index (κ3) is 3.11. The fraction of sp³-hybridized carbons (Fsp3) is 0.583. The van der Waals surface area contributed by atoms with Crippen molar-refractivity contribution < 1.29 is 22.8 Å². The minimum Gasteiger partial charge on any atom is -0.293 e. The number of hydrazone groups is 1. The summed E-state index contributed by atoms with van der Waals surface area (Å²) in [7, 11) is 1.34. The molecule has 2 aliphatic carbocycles. The van der Waals surface area contributed by atoms with Crippen LogP contribution in [0.5, 0.6) is 0 Å². The number of carbonyl (C=O) groups is 2. The van der Waals surface area contributed by atoms with Crippen LogP contribution < -0.4 is 0 Å². The normalized spacial score (nSPS) is 29.5. The Morgan fingerprint density at radius 3 is 2.18 bits per heavy atom. The molecule has 0 aromatic rings. The zero-order valence-electron chi connectivity index (χ0n) is 11.9. The molecule has 1 amide bonds. The van der Waals surface area contributed by atoms with E-state index in [1.165, 1.54) is 14.0 Å². The SMILES string of the molecule is C/C(Cl)=C(\C=N/N(C)C=O)C(=O)C12CC1(C(F)(F)F)C2.[B].[In]. The second kappa shape index (κ2) is 6.59. The molecule has 0 spiro atoms. The third-order valence-corrected chi connectivity index (χ3v) is 4.19. The van der Waals surface area contributed by atoms with Crippen LogP contribution in [-0.2, 0) is 9.59 Å². The molecule has 116 valence electrons. The Hall–Kier alpha value is -0.435. The predicted molar refractivity (Wildman–Crippen MR) is 77.5 cm³/mol. The molecule has 2 saturated carbocycles. The van der Waals surface area contributed by atoms with E-state index < -0.39 is 22.8 Å². The van der Waals surface area contributed by atoms with Gasteiger partial charge in [-0.25, -0.2) is 5.01 Å². The number of rotatable bonds is 5. The summed E-state index contributed by atoms with van der Waals surface area (Å²) in [6.45, 7) is 1.40. The van der Waals surface area contributed by atoms with Gasteiger partial charge in [0.1, 0.15) is 0 Å². The molecule has 2 aliphatic rings. The summed E-state index contributed by atoms with van der Waals surface area (Å²) in [4.78, 5) is 22.6. The van der Waals surface area contributed by atoms with E-state index in [0.717, 1.165) is 11.2 Å². The molecule has 0 unspecified atom stereocenters. The number of Topliss-reactive ketones (excluding diaryl/α,β-unsaturated/α-hetero) is 1. The zero-order chi connectivity index (χ0) is 15.3. The molecule has 0 aromatic heterocycles. The van der Waals surface area contributed by atoms with E-state index in [1.807, 2.05) is 0 Å². The zero-order valence-corrected chi connectivity index (χ0v) is 16.0. The van der Waals surface area contributed by atoms with Crippen molar-refractivity contribution in [1.82, 2.24) is 5.01 Å². The van der Waals surface area contributed by atoms with Gasteiger partial charge in [0.2, 0.25) is 6.41 Å². The Kier molecular flexibility index (Phi) is 6.46. The standard InChI is InChI=1S/C12H12ClF3N2O2.B.In/c1-7(13)8(3-17-18(2)6-19)9(20)10-4-11(10,5-10)12(14,15)16;;/h3,6H,4-5H2,1-2H3;;/b8-7-,17-3-;;. The van der Waals surface area contributed by atoms with Crippen LogP contribution in [-0.4, -0.2) is 70.9 Å². The fourth-order valence-electron chi connectivity index (χ4n) is 2.48. The molecule has 22 heavy (non-hydrogen) atoms. The molecule has 2 fully saturated rings. The van der Waals surface area contributed by atoms with Gasteiger partial charge in [-0.15, -0.1) is 0 Å². The summed E-state index contributed by atoms with van der Waals surface area (Å²) in [5.41, 5.74) is -3.30. The van der Waals surface area contributed by atoms with Crippen LogP contribution in [0, 0.1) is 10.8 Å². The van der Waals surface area contributed by atoms with Gasteiger partial charge in [-0.2, -0.15) is 18.3 Å². The first kappa shape index (κ1) is 21.6. The van der Waals surface area contributed by atoms with Crippen molar-refractivity contribution >= 4 is 64.3 Å². The van der Waals surface area contributed by atoms with Crippen molar-refractivity contribution in [3.63, 3.8) is 0 Å². The van der Waals surface area contributed by atoms with E-state index in [4.69, 9.17) is 11.6 Å². The second-order valence-corrected chi connectivity index (χ2v) is 5.78. The van der Waals surface area contributed by atoms with Crippen molar-refractivity contribution in [3.05, 3.63) is 10.6 Å². The van der Waals surface area contributed by atoms with Gasteiger partial charge in [-0.05, 0) is 19.8 Å². The molecule has 0 aromatic carbocycles. The van der Waals surface area contributed by atoms with Crippen molar-refractivity contribution in [2.75, 3.05) is 7.05 Å². The number of hydrogen-bond donors (Lipinski definition) is 0. The molecule has 0 aliphatic heterocycles. The fourth-order valence-corrected chi connectivity index (χ4v) is 2.61. The van der Waals surface area contributed by atoms with E-state index in [0.29, 0.717) is 6.41 Å².